The molecule has 0 radical (unpaired) electrons. The smallest absolute Gasteiger partial charge is 0.0406 e. The van der Waals surface area contributed by atoms with Crippen molar-refractivity contribution in [2.75, 3.05) is 23.8 Å². The Kier molecular flexibility index (Phi) is 6.35. The monoisotopic (exact) mass is 296 g/mol. The molecule has 0 saturated carbocycles. The van der Waals surface area contributed by atoms with Crippen LogP contribution in [0.25, 0.3) is 0 Å². The lowest BCUT2D eigenvalue weighted by molar-refractivity contribution is 0.524. The summed E-state index contributed by atoms with van der Waals surface area (Å²) in [5, 5.41) is 0.742. The molecule has 0 fully saturated rings. The standard InChI is InChI=1S/C12H15Cl3S/c1-16-7-6-12(8-13,9-14)10-2-4-11(15)5-3-10/h2-5H,6-9H2,1H3. The average molecular weight is 298 g/mol. The van der Waals surface area contributed by atoms with Gasteiger partial charge in [-0.15, -0.1) is 23.2 Å². The Balaban J connectivity index is 2.95. The summed E-state index contributed by atoms with van der Waals surface area (Å²) >= 11 is 19.9. The highest BCUT2D eigenvalue weighted by Crippen LogP contribution is 2.33. The summed E-state index contributed by atoms with van der Waals surface area (Å²) in [6.45, 7) is 0. The average Bonchev–Trinajstić information content (AvgIpc) is 2.33. The minimum Gasteiger partial charge on any atom is -0.165 e. The number of thioether (sulfide) groups is 1. The van der Waals surface area contributed by atoms with Crippen molar-refractivity contribution in [2.24, 2.45) is 0 Å². The topological polar surface area (TPSA) is 0 Å². The summed E-state index contributed by atoms with van der Waals surface area (Å²) in [6, 6.07) is 7.83. The van der Waals surface area contributed by atoms with Gasteiger partial charge in [-0.05, 0) is 36.1 Å². The van der Waals surface area contributed by atoms with Crippen molar-refractivity contribution < 1.29 is 0 Å². The highest BCUT2D eigenvalue weighted by atomic mass is 35.5. The zero-order chi connectivity index (χ0) is 12.0. The molecule has 0 aromatic heterocycles. The van der Waals surface area contributed by atoms with Crippen molar-refractivity contribution in [2.45, 2.75) is 11.8 Å². The molecule has 0 unspecified atom stereocenters. The Morgan fingerprint density at radius 3 is 2.12 bits per heavy atom. The Hall–Kier alpha value is 0.440. The summed E-state index contributed by atoms with van der Waals surface area (Å²) in [4.78, 5) is 0. The van der Waals surface area contributed by atoms with E-state index in [1.165, 1.54) is 5.56 Å². The van der Waals surface area contributed by atoms with Crippen LogP contribution < -0.4 is 0 Å². The number of benzene rings is 1. The fraction of sp³-hybridized carbons (Fsp3) is 0.500. The highest BCUT2D eigenvalue weighted by molar-refractivity contribution is 7.98. The van der Waals surface area contributed by atoms with Crippen LogP contribution in [0.3, 0.4) is 0 Å². The van der Waals surface area contributed by atoms with Crippen LogP contribution in [0, 0.1) is 0 Å². The number of hydrogen-bond donors (Lipinski definition) is 0. The maximum Gasteiger partial charge on any atom is 0.0406 e. The molecule has 90 valence electrons. The number of rotatable bonds is 6. The van der Waals surface area contributed by atoms with Crippen molar-refractivity contribution in [3.8, 4) is 0 Å². The molecule has 0 aliphatic rings. The number of hydrogen-bond acceptors (Lipinski definition) is 1. The predicted octanol–water partition coefficient (Wildman–Crippen LogP) is 4.81. The first-order valence-electron chi connectivity index (χ1n) is 5.05. The molecule has 0 N–H and O–H groups in total. The first-order chi connectivity index (χ1) is 7.68. The number of halogens is 3. The minimum absolute atomic E-state index is 0.128. The van der Waals surface area contributed by atoms with Gasteiger partial charge in [-0.2, -0.15) is 11.8 Å². The first kappa shape index (κ1) is 14.5. The molecule has 1 rings (SSSR count). The lowest BCUT2D eigenvalue weighted by Crippen LogP contribution is -2.31. The normalized spacial score (nSPS) is 11.8. The van der Waals surface area contributed by atoms with Gasteiger partial charge in [0.1, 0.15) is 0 Å². The molecule has 1 aromatic rings. The van der Waals surface area contributed by atoms with Gasteiger partial charge in [0.2, 0.25) is 0 Å². The van der Waals surface area contributed by atoms with Gasteiger partial charge in [0, 0.05) is 22.2 Å². The second kappa shape index (κ2) is 7.00. The molecular weight excluding hydrogens is 283 g/mol. The van der Waals surface area contributed by atoms with Crippen LogP contribution in [0.5, 0.6) is 0 Å². The third kappa shape index (κ3) is 3.46. The second-order valence-electron chi connectivity index (χ2n) is 3.80. The van der Waals surface area contributed by atoms with Crippen LogP contribution in [0.4, 0.5) is 0 Å². The van der Waals surface area contributed by atoms with E-state index in [2.05, 4.69) is 6.26 Å². The van der Waals surface area contributed by atoms with E-state index in [1.807, 2.05) is 36.0 Å². The Labute approximate surface area is 117 Å². The summed E-state index contributed by atoms with van der Waals surface area (Å²) in [5.74, 6) is 2.14. The Morgan fingerprint density at radius 2 is 1.69 bits per heavy atom. The van der Waals surface area contributed by atoms with E-state index >= 15 is 0 Å². The van der Waals surface area contributed by atoms with E-state index < -0.39 is 0 Å². The van der Waals surface area contributed by atoms with Crippen LogP contribution in [0.1, 0.15) is 12.0 Å². The van der Waals surface area contributed by atoms with Crippen LogP contribution in [-0.2, 0) is 5.41 Å². The predicted molar refractivity (Wildman–Crippen MR) is 77.6 cm³/mol. The summed E-state index contributed by atoms with van der Waals surface area (Å²) in [5.41, 5.74) is 1.05. The molecule has 0 amide bonds. The van der Waals surface area contributed by atoms with Gasteiger partial charge in [-0.25, -0.2) is 0 Å². The SMILES string of the molecule is CSCCC(CCl)(CCl)c1ccc(Cl)cc1. The first-order valence-corrected chi connectivity index (χ1v) is 7.89. The Bertz CT molecular complexity index is 307. The fourth-order valence-electron chi connectivity index (χ4n) is 1.57. The van der Waals surface area contributed by atoms with Crippen LogP contribution in [0.2, 0.25) is 5.02 Å². The molecule has 4 heteroatoms. The molecule has 0 saturated heterocycles. The summed E-state index contributed by atoms with van der Waals surface area (Å²) in [7, 11) is 0. The summed E-state index contributed by atoms with van der Waals surface area (Å²) in [6.07, 6.45) is 3.08. The quantitative estimate of drug-likeness (QED) is 0.679. The molecule has 0 aliphatic heterocycles. The van der Waals surface area contributed by atoms with E-state index in [0.717, 1.165) is 17.2 Å². The molecule has 0 spiro atoms. The maximum atomic E-state index is 6.11. The van der Waals surface area contributed by atoms with Gasteiger partial charge in [0.25, 0.3) is 0 Å². The van der Waals surface area contributed by atoms with Crippen molar-refractivity contribution in [1.29, 1.82) is 0 Å². The lowest BCUT2D eigenvalue weighted by atomic mass is 9.82. The van der Waals surface area contributed by atoms with E-state index in [0.29, 0.717) is 11.8 Å². The lowest BCUT2D eigenvalue weighted by Gasteiger charge is -2.30. The molecule has 0 nitrogen and oxygen atoms in total. The number of alkyl halides is 2. The van der Waals surface area contributed by atoms with Crippen LogP contribution in [0.15, 0.2) is 24.3 Å². The molecule has 1 aromatic carbocycles. The second-order valence-corrected chi connectivity index (χ2v) is 5.75. The van der Waals surface area contributed by atoms with E-state index in [9.17, 15) is 0 Å². The molecule has 0 aliphatic carbocycles. The van der Waals surface area contributed by atoms with Gasteiger partial charge >= 0.3 is 0 Å². The third-order valence-electron chi connectivity index (χ3n) is 2.75. The van der Waals surface area contributed by atoms with Gasteiger partial charge in [-0.1, -0.05) is 23.7 Å². The zero-order valence-corrected chi connectivity index (χ0v) is 12.3. The minimum atomic E-state index is -0.128. The maximum absolute atomic E-state index is 6.11. The fourth-order valence-corrected chi connectivity index (χ4v) is 3.15. The largest absolute Gasteiger partial charge is 0.165 e. The summed E-state index contributed by atoms with van der Waals surface area (Å²) < 4.78 is 0. The zero-order valence-electron chi connectivity index (χ0n) is 9.18. The molecule has 16 heavy (non-hydrogen) atoms. The van der Waals surface area contributed by atoms with Gasteiger partial charge in [0.15, 0.2) is 0 Å². The molecule has 0 atom stereocenters. The van der Waals surface area contributed by atoms with Gasteiger partial charge < -0.3 is 0 Å². The van der Waals surface area contributed by atoms with E-state index in [-0.39, 0.29) is 5.41 Å². The van der Waals surface area contributed by atoms with Crippen molar-refractivity contribution in [1.82, 2.24) is 0 Å². The van der Waals surface area contributed by atoms with Crippen molar-refractivity contribution in [3.05, 3.63) is 34.9 Å². The van der Waals surface area contributed by atoms with Crippen molar-refractivity contribution in [3.63, 3.8) is 0 Å². The molecule has 0 bridgehead atoms. The third-order valence-corrected chi connectivity index (χ3v) is 4.64. The van der Waals surface area contributed by atoms with E-state index in [1.54, 1.807) is 0 Å². The van der Waals surface area contributed by atoms with E-state index in [4.69, 9.17) is 34.8 Å². The Morgan fingerprint density at radius 1 is 1.12 bits per heavy atom. The highest BCUT2D eigenvalue weighted by Gasteiger charge is 2.29. The van der Waals surface area contributed by atoms with Crippen molar-refractivity contribution >= 4 is 46.6 Å². The van der Waals surface area contributed by atoms with Crippen LogP contribution in [-0.4, -0.2) is 23.8 Å². The molecular formula is C12H15Cl3S. The van der Waals surface area contributed by atoms with Gasteiger partial charge in [-0.3, -0.25) is 0 Å². The van der Waals surface area contributed by atoms with Gasteiger partial charge in [0.05, 0.1) is 0 Å². The molecule has 0 heterocycles. The van der Waals surface area contributed by atoms with Crippen LogP contribution >= 0.6 is 46.6 Å².